The van der Waals surface area contributed by atoms with Gasteiger partial charge in [0.1, 0.15) is 6.54 Å². The van der Waals surface area contributed by atoms with E-state index >= 15 is 0 Å². The van der Waals surface area contributed by atoms with E-state index in [-0.39, 0.29) is 17.3 Å². The predicted molar refractivity (Wildman–Crippen MR) is 115 cm³/mol. The Morgan fingerprint density at radius 1 is 1.04 bits per heavy atom. The molecule has 0 fully saturated rings. The molecule has 0 saturated carbocycles. The molecular formula is C20H26ClN3O3S. The summed E-state index contributed by atoms with van der Waals surface area (Å²) >= 11 is 6.10. The second-order valence-corrected chi connectivity index (χ2v) is 8.65. The first kappa shape index (κ1) is 22.0. The minimum atomic E-state index is -3.66. The monoisotopic (exact) mass is 423 g/mol. The van der Waals surface area contributed by atoms with Crippen LogP contribution in [0.4, 0.5) is 11.4 Å². The number of hydrogen-bond acceptors (Lipinski definition) is 4. The number of benzene rings is 2. The average Bonchev–Trinajstić information content (AvgIpc) is 2.66. The number of hydrogen-bond donors (Lipinski definition) is 1. The second kappa shape index (κ2) is 9.80. The topological polar surface area (TPSA) is 69.7 Å². The maximum atomic E-state index is 12.4. The summed E-state index contributed by atoms with van der Waals surface area (Å²) in [6.45, 7) is 6.04. The Labute approximate surface area is 172 Å². The zero-order chi connectivity index (χ0) is 20.7. The molecule has 0 aromatic heterocycles. The van der Waals surface area contributed by atoms with Gasteiger partial charge in [-0.15, -0.1) is 0 Å². The SMILES string of the molecule is CCN(CC)c1ccc(CNC(=O)CN(c2ccccc2Cl)S(C)(=O)=O)cc1. The zero-order valence-corrected chi connectivity index (χ0v) is 17.9. The molecule has 8 heteroatoms. The fraction of sp³-hybridized carbons (Fsp3) is 0.350. The number of rotatable bonds is 9. The molecule has 0 heterocycles. The quantitative estimate of drug-likeness (QED) is 0.672. The predicted octanol–water partition coefficient (Wildman–Crippen LogP) is 3.27. The fourth-order valence-electron chi connectivity index (χ4n) is 2.84. The van der Waals surface area contributed by atoms with E-state index in [9.17, 15) is 13.2 Å². The lowest BCUT2D eigenvalue weighted by Crippen LogP contribution is -2.40. The number of nitrogens with zero attached hydrogens (tertiary/aromatic N) is 2. The molecule has 0 aliphatic heterocycles. The van der Waals surface area contributed by atoms with Gasteiger partial charge in [-0.2, -0.15) is 0 Å². The first-order valence-electron chi connectivity index (χ1n) is 9.09. The van der Waals surface area contributed by atoms with Crippen LogP contribution in [-0.2, 0) is 21.4 Å². The van der Waals surface area contributed by atoms with Gasteiger partial charge in [0.25, 0.3) is 0 Å². The van der Waals surface area contributed by atoms with Gasteiger partial charge in [-0.1, -0.05) is 35.9 Å². The van der Waals surface area contributed by atoms with Crippen molar-refractivity contribution in [2.24, 2.45) is 0 Å². The van der Waals surface area contributed by atoms with Crippen molar-refractivity contribution in [3.8, 4) is 0 Å². The van der Waals surface area contributed by atoms with Crippen LogP contribution >= 0.6 is 11.6 Å². The number of nitrogens with one attached hydrogen (secondary N) is 1. The lowest BCUT2D eigenvalue weighted by Gasteiger charge is -2.23. The Hall–Kier alpha value is -2.25. The van der Waals surface area contributed by atoms with E-state index in [4.69, 9.17) is 11.6 Å². The molecule has 0 spiro atoms. The highest BCUT2D eigenvalue weighted by Gasteiger charge is 2.22. The van der Waals surface area contributed by atoms with Crippen LogP contribution in [0.5, 0.6) is 0 Å². The summed E-state index contributed by atoms with van der Waals surface area (Å²) in [6, 6.07) is 14.5. The van der Waals surface area contributed by atoms with E-state index in [0.717, 1.165) is 34.9 Å². The number of carbonyl (C=O) groups is 1. The van der Waals surface area contributed by atoms with Gasteiger partial charge < -0.3 is 10.2 Å². The molecule has 0 aliphatic rings. The lowest BCUT2D eigenvalue weighted by atomic mass is 10.2. The molecule has 2 aromatic carbocycles. The maximum Gasteiger partial charge on any atom is 0.241 e. The second-order valence-electron chi connectivity index (χ2n) is 6.34. The van der Waals surface area contributed by atoms with Crippen LogP contribution in [0.25, 0.3) is 0 Å². The third-order valence-electron chi connectivity index (χ3n) is 4.36. The van der Waals surface area contributed by atoms with Crippen molar-refractivity contribution in [2.75, 3.05) is 35.1 Å². The minimum Gasteiger partial charge on any atom is -0.372 e. The molecule has 0 aliphatic carbocycles. The number of sulfonamides is 1. The number of halogens is 1. The van der Waals surface area contributed by atoms with Crippen LogP contribution in [0.1, 0.15) is 19.4 Å². The lowest BCUT2D eigenvalue weighted by molar-refractivity contribution is -0.119. The highest BCUT2D eigenvalue weighted by atomic mass is 35.5. The molecule has 152 valence electrons. The van der Waals surface area contributed by atoms with Crippen LogP contribution in [-0.4, -0.2) is 40.2 Å². The Bertz CT molecular complexity index is 897. The Kier molecular flexibility index (Phi) is 7.71. The molecule has 0 saturated heterocycles. The molecule has 2 rings (SSSR count). The molecule has 6 nitrogen and oxygen atoms in total. The van der Waals surface area contributed by atoms with Crippen molar-refractivity contribution < 1.29 is 13.2 Å². The number of amides is 1. The summed E-state index contributed by atoms with van der Waals surface area (Å²) in [6.07, 6.45) is 1.05. The average molecular weight is 424 g/mol. The van der Waals surface area contributed by atoms with Crippen LogP contribution < -0.4 is 14.5 Å². The largest absolute Gasteiger partial charge is 0.372 e. The maximum absolute atomic E-state index is 12.4. The van der Waals surface area contributed by atoms with Gasteiger partial charge in [-0.3, -0.25) is 9.10 Å². The molecular weight excluding hydrogens is 398 g/mol. The van der Waals surface area contributed by atoms with E-state index in [2.05, 4.69) is 24.1 Å². The van der Waals surface area contributed by atoms with E-state index in [1.807, 2.05) is 24.3 Å². The van der Waals surface area contributed by atoms with E-state index in [1.165, 1.54) is 0 Å². The molecule has 2 aromatic rings. The summed E-state index contributed by atoms with van der Waals surface area (Å²) in [5.41, 5.74) is 2.35. The first-order valence-corrected chi connectivity index (χ1v) is 11.3. The molecule has 0 unspecified atom stereocenters. The van der Waals surface area contributed by atoms with Crippen LogP contribution in [0, 0.1) is 0 Å². The van der Waals surface area contributed by atoms with Gasteiger partial charge in [0.05, 0.1) is 17.0 Å². The molecule has 0 bridgehead atoms. The molecule has 0 radical (unpaired) electrons. The number of anilines is 2. The third kappa shape index (κ3) is 5.87. The normalized spacial score (nSPS) is 11.1. The highest BCUT2D eigenvalue weighted by Crippen LogP contribution is 2.26. The standard InChI is InChI=1S/C20H26ClN3O3S/c1-4-23(5-2)17-12-10-16(11-13-17)14-22-20(25)15-24(28(3,26)27)19-9-7-6-8-18(19)21/h6-13H,4-5,14-15H2,1-3H3,(H,22,25). The van der Waals surface area contributed by atoms with Gasteiger partial charge in [0.2, 0.25) is 15.9 Å². The Morgan fingerprint density at radius 2 is 1.64 bits per heavy atom. The summed E-state index contributed by atoms with van der Waals surface area (Å²) < 4.78 is 25.3. The molecule has 1 amide bonds. The van der Waals surface area contributed by atoms with Gasteiger partial charge in [-0.25, -0.2) is 8.42 Å². The summed E-state index contributed by atoms with van der Waals surface area (Å²) in [5, 5.41) is 3.04. The smallest absolute Gasteiger partial charge is 0.241 e. The van der Waals surface area contributed by atoms with E-state index in [1.54, 1.807) is 24.3 Å². The molecule has 1 N–H and O–H groups in total. The fourth-order valence-corrected chi connectivity index (χ4v) is 3.99. The van der Waals surface area contributed by atoms with Crippen LogP contribution in [0.3, 0.4) is 0 Å². The van der Waals surface area contributed by atoms with Crippen LogP contribution in [0.15, 0.2) is 48.5 Å². The Morgan fingerprint density at radius 3 is 2.18 bits per heavy atom. The number of para-hydroxylation sites is 1. The van der Waals surface area contributed by atoms with Crippen LogP contribution in [0.2, 0.25) is 5.02 Å². The summed E-state index contributed by atoms with van der Waals surface area (Å²) in [4.78, 5) is 14.6. The van der Waals surface area contributed by atoms with E-state index in [0.29, 0.717) is 6.54 Å². The molecule has 28 heavy (non-hydrogen) atoms. The van der Waals surface area contributed by atoms with Crippen molar-refractivity contribution in [3.63, 3.8) is 0 Å². The van der Waals surface area contributed by atoms with Gasteiger partial charge in [0, 0.05) is 25.3 Å². The van der Waals surface area contributed by atoms with E-state index < -0.39 is 15.9 Å². The van der Waals surface area contributed by atoms with Gasteiger partial charge in [-0.05, 0) is 43.7 Å². The zero-order valence-electron chi connectivity index (χ0n) is 16.4. The van der Waals surface area contributed by atoms with Crippen molar-refractivity contribution in [2.45, 2.75) is 20.4 Å². The van der Waals surface area contributed by atoms with Gasteiger partial charge in [0.15, 0.2) is 0 Å². The van der Waals surface area contributed by atoms with Crippen molar-refractivity contribution in [1.29, 1.82) is 0 Å². The number of carbonyl (C=O) groups excluding carboxylic acids is 1. The van der Waals surface area contributed by atoms with Gasteiger partial charge >= 0.3 is 0 Å². The Balaban J connectivity index is 2.03. The minimum absolute atomic E-state index is 0.271. The van der Waals surface area contributed by atoms with Crippen molar-refractivity contribution in [3.05, 3.63) is 59.1 Å². The summed E-state index contributed by atoms with van der Waals surface area (Å²) in [5.74, 6) is -0.404. The highest BCUT2D eigenvalue weighted by molar-refractivity contribution is 7.92. The van der Waals surface area contributed by atoms with Crippen molar-refractivity contribution >= 4 is 38.9 Å². The first-order chi connectivity index (χ1) is 13.3. The summed E-state index contributed by atoms with van der Waals surface area (Å²) in [7, 11) is -3.66. The molecule has 0 atom stereocenters. The van der Waals surface area contributed by atoms with Crippen molar-refractivity contribution in [1.82, 2.24) is 5.32 Å². The third-order valence-corrected chi connectivity index (χ3v) is 5.81.